The van der Waals surface area contributed by atoms with Gasteiger partial charge in [0.2, 0.25) is 5.91 Å². The van der Waals surface area contributed by atoms with Gasteiger partial charge in [-0.1, -0.05) is 11.8 Å². The van der Waals surface area contributed by atoms with Crippen LogP contribution in [-0.4, -0.2) is 37.5 Å². The summed E-state index contributed by atoms with van der Waals surface area (Å²) in [4.78, 5) is 11.8. The molecule has 5 nitrogen and oxygen atoms in total. The van der Waals surface area contributed by atoms with Gasteiger partial charge in [0.25, 0.3) is 0 Å². The van der Waals surface area contributed by atoms with Crippen LogP contribution in [0, 0.1) is 17.7 Å². The average molecular weight is 299 g/mol. The first-order chi connectivity index (χ1) is 9.25. The van der Waals surface area contributed by atoms with E-state index in [1.807, 2.05) is 0 Å². The maximum atomic E-state index is 13.1. The number of halogens is 1. The van der Waals surface area contributed by atoms with E-state index in [2.05, 4.69) is 17.2 Å². The van der Waals surface area contributed by atoms with E-state index >= 15 is 0 Å². The number of hydrogen-bond acceptors (Lipinski definition) is 4. The predicted molar refractivity (Wildman–Crippen MR) is 73.3 cm³/mol. The maximum Gasteiger partial charge on any atom is 0.242 e. The van der Waals surface area contributed by atoms with Crippen molar-refractivity contribution in [2.24, 2.45) is 0 Å². The first kappa shape index (κ1) is 16.1. The topological polar surface area (TPSA) is 83.5 Å². The second-order valence-electron chi connectivity index (χ2n) is 4.11. The lowest BCUT2D eigenvalue weighted by Gasteiger charge is -2.11. The van der Waals surface area contributed by atoms with Crippen LogP contribution in [0.5, 0.6) is 0 Å². The Balaban J connectivity index is 3.06. The Bertz CT molecular complexity index is 673. The molecule has 1 rings (SSSR count). The standard InChI is InChI=1S/C13H14FNO4S/c1-9(20(2,18)19)13(17)15-12-6-5-11(14)8-10(12)4-3-7-16/h5-6,8-9,16H,7H2,1-2H3,(H,15,17). The highest BCUT2D eigenvalue weighted by atomic mass is 32.2. The summed E-state index contributed by atoms with van der Waals surface area (Å²) >= 11 is 0. The first-order valence-corrected chi connectivity index (χ1v) is 7.60. The highest BCUT2D eigenvalue weighted by Crippen LogP contribution is 2.17. The van der Waals surface area contributed by atoms with Gasteiger partial charge >= 0.3 is 0 Å². The molecule has 0 heterocycles. The summed E-state index contributed by atoms with van der Waals surface area (Å²) in [6.45, 7) is 0.844. The molecule has 108 valence electrons. The predicted octanol–water partition coefficient (Wildman–Crippen LogP) is 0.541. The smallest absolute Gasteiger partial charge is 0.242 e. The molecule has 0 radical (unpaired) electrons. The van der Waals surface area contributed by atoms with E-state index < -0.39 is 33.4 Å². The van der Waals surface area contributed by atoms with Gasteiger partial charge in [-0.05, 0) is 25.1 Å². The second kappa shape index (κ2) is 6.50. The maximum absolute atomic E-state index is 13.1. The number of amides is 1. The highest BCUT2D eigenvalue weighted by molar-refractivity contribution is 7.92. The van der Waals surface area contributed by atoms with Crippen LogP contribution in [0.4, 0.5) is 10.1 Å². The number of carbonyl (C=O) groups excluding carboxylic acids is 1. The van der Waals surface area contributed by atoms with Crippen molar-refractivity contribution in [3.63, 3.8) is 0 Å². The summed E-state index contributed by atoms with van der Waals surface area (Å²) in [7, 11) is -3.52. The highest BCUT2D eigenvalue weighted by Gasteiger charge is 2.24. The van der Waals surface area contributed by atoms with Crippen molar-refractivity contribution in [2.75, 3.05) is 18.2 Å². The lowest BCUT2D eigenvalue weighted by molar-refractivity contribution is -0.115. The minimum atomic E-state index is -3.52. The Morgan fingerprint density at radius 2 is 2.15 bits per heavy atom. The molecular formula is C13H14FNO4S. The molecular weight excluding hydrogens is 285 g/mol. The van der Waals surface area contributed by atoms with E-state index in [0.29, 0.717) is 0 Å². The Hall–Kier alpha value is -1.91. The van der Waals surface area contributed by atoms with Crippen molar-refractivity contribution in [3.8, 4) is 11.8 Å². The van der Waals surface area contributed by atoms with Gasteiger partial charge in [0, 0.05) is 6.26 Å². The Morgan fingerprint density at radius 1 is 1.50 bits per heavy atom. The van der Waals surface area contributed by atoms with Crippen molar-refractivity contribution >= 4 is 21.4 Å². The number of aliphatic hydroxyl groups is 1. The van der Waals surface area contributed by atoms with Gasteiger partial charge in [0.05, 0.1) is 11.3 Å². The molecule has 0 bridgehead atoms. The molecule has 1 unspecified atom stereocenters. The van der Waals surface area contributed by atoms with Crippen LogP contribution in [0.15, 0.2) is 18.2 Å². The number of hydrogen-bond donors (Lipinski definition) is 2. The zero-order chi connectivity index (χ0) is 15.3. The van der Waals surface area contributed by atoms with Crippen molar-refractivity contribution in [1.82, 2.24) is 0 Å². The largest absolute Gasteiger partial charge is 0.384 e. The van der Waals surface area contributed by atoms with Crippen molar-refractivity contribution in [2.45, 2.75) is 12.2 Å². The fourth-order valence-electron chi connectivity index (χ4n) is 1.29. The van der Waals surface area contributed by atoms with Gasteiger partial charge in [0.1, 0.15) is 17.7 Å². The van der Waals surface area contributed by atoms with Gasteiger partial charge in [-0.2, -0.15) is 0 Å². The van der Waals surface area contributed by atoms with E-state index in [0.717, 1.165) is 18.4 Å². The summed E-state index contributed by atoms with van der Waals surface area (Å²) in [6.07, 6.45) is 0.953. The van der Waals surface area contributed by atoms with E-state index in [1.54, 1.807) is 0 Å². The van der Waals surface area contributed by atoms with Crippen LogP contribution in [0.3, 0.4) is 0 Å². The van der Waals surface area contributed by atoms with Gasteiger partial charge in [-0.15, -0.1) is 0 Å². The SMILES string of the molecule is CC(C(=O)Nc1ccc(F)cc1C#CCO)S(C)(=O)=O. The molecule has 0 fully saturated rings. The number of benzene rings is 1. The molecule has 0 saturated heterocycles. The van der Waals surface area contributed by atoms with Crippen LogP contribution >= 0.6 is 0 Å². The third kappa shape index (κ3) is 4.33. The summed E-state index contributed by atoms with van der Waals surface area (Å²) < 4.78 is 35.7. The van der Waals surface area contributed by atoms with Crippen LogP contribution in [0.1, 0.15) is 12.5 Å². The minimum absolute atomic E-state index is 0.160. The summed E-state index contributed by atoms with van der Waals surface area (Å²) in [6, 6.07) is 3.48. The van der Waals surface area contributed by atoms with Gasteiger partial charge < -0.3 is 10.4 Å². The minimum Gasteiger partial charge on any atom is -0.384 e. The van der Waals surface area contributed by atoms with Crippen LogP contribution in [0.2, 0.25) is 0 Å². The molecule has 0 aliphatic heterocycles. The van der Waals surface area contributed by atoms with E-state index in [-0.39, 0.29) is 11.3 Å². The van der Waals surface area contributed by atoms with E-state index in [1.165, 1.54) is 13.0 Å². The molecule has 0 aliphatic rings. The Kier molecular flexibility index (Phi) is 5.25. The number of anilines is 1. The number of sulfone groups is 1. The molecule has 0 aromatic heterocycles. The fraction of sp³-hybridized carbons (Fsp3) is 0.308. The molecule has 1 aromatic carbocycles. The van der Waals surface area contributed by atoms with Crippen molar-refractivity contribution in [3.05, 3.63) is 29.6 Å². The third-order valence-electron chi connectivity index (χ3n) is 2.55. The zero-order valence-corrected chi connectivity index (χ0v) is 11.8. The quantitative estimate of drug-likeness (QED) is 0.798. The first-order valence-electron chi connectivity index (χ1n) is 5.64. The monoisotopic (exact) mass is 299 g/mol. The Labute approximate surface area is 116 Å². The Morgan fingerprint density at radius 3 is 2.70 bits per heavy atom. The summed E-state index contributed by atoms with van der Waals surface area (Å²) in [5.74, 6) is 3.53. The number of nitrogens with one attached hydrogen (secondary N) is 1. The number of carbonyl (C=O) groups is 1. The molecule has 1 aromatic rings. The molecule has 1 atom stereocenters. The molecule has 1 amide bonds. The van der Waals surface area contributed by atoms with Gasteiger partial charge in [-0.25, -0.2) is 12.8 Å². The third-order valence-corrected chi connectivity index (χ3v) is 4.05. The summed E-state index contributed by atoms with van der Waals surface area (Å²) in [5.41, 5.74) is 0.348. The zero-order valence-electron chi connectivity index (χ0n) is 11.0. The second-order valence-corrected chi connectivity index (χ2v) is 6.48. The van der Waals surface area contributed by atoms with Crippen LogP contribution in [0.25, 0.3) is 0 Å². The molecule has 2 N–H and O–H groups in total. The number of aliphatic hydroxyl groups excluding tert-OH is 1. The fourth-order valence-corrected chi connectivity index (χ4v) is 1.74. The van der Waals surface area contributed by atoms with Crippen molar-refractivity contribution < 1.29 is 22.7 Å². The summed E-state index contributed by atoms with van der Waals surface area (Å²) in [5, 5.41) is 9.78. The lowest BCUT2D eigenvalue weighted by Crippen LogP contribution is -2.32. The average Bonchev–Trinajstić information content (AvgIpc) is 2.36. The normalized spacial score (nSPS) is 12.2. The molecule has 0 spiro atoms. The molecule has 0 saturated carbocycles. The lowest BCUT2D eigenvalue weighted by atomic mass is 10.1. The van der Waals surface area contributed by atoms with Crippen LogP contribution in [-0.2, 0) is 14.6 Å². The van der Waals surface area contributed by atoms with E-state index in [9.17, 15) is 17.6 Å². The van der Waals surface area contributed by atoms with Gasteiger partial charge in [0.15, 0.2) is 9.84 Å². The molecule has 20 heavy (non-hydrogen) atoms. The molecule has 7 heteroatoms. The van der Waals surface area contributed by atoms with Crippen LogP contribution < -0.4 is 5.32 Å². The molecule has 0 aliphatic carbocycles. The number of rotatable bonds is 3. The van der Waals surface area contributed by atoms with Gasteiger partial charge in [-0.3, -0.25) is 4.79 Å². The van der Waals surface area contributed by atoms with Crippen molar-refractivity contribution in [1.29, 1.82) is 0 Å². The van der Waals surface area contributed by atoms with E-state index in [4.69, 9.17) is 5.11 Å².